The van der Waals surface area contributed by atoms with Gasteiger partial charge in [-0.3, -0.25) is 38.4 Å². The first-order chi connectivity index (χ1) is 31.5. The van der Waals surface area contributed by atoms with Crippen LogP contribution in [0.5, 0.6) is 5.75 Å². The van der Waals surface area contributed by atoms with E-state index in [1.807, 2.05) is 18.2 Å². The summed E-state index contributed by atoms with van der Waals surface area (Å²) in [5.41, 5.74) is 13.5. The predicted molar refractivity (Wildman–Crippen MR) is 236 cm³/mol. The van der Waals surface area contributed by atoms with Crippen molar-refractivity contribution in [3.05, 3.63) is 102 Å². The summed E-state index contributed by atoms with van der Waals surface area (Å²) in [7, 11) is 0. The Morgan fingerprint density at radius 2 is 1.36 bits per heavy atom. The fourth-order valence-corrected chi connectivity index (χ4v) is 7.55. The van der Waals surface area contributed by atoms with Gasteiger partial charge in [0.05, 0.1) is 19.0 Å². The van der Waals surface area contributed by atoms with Gasteiger partial charge in [-0.1, -0.05) is 60.7 Å². The van der Waals surface area contributed by atoms with Crippen molar-refractivity contribution in [1.82, 2.24) is 36.5 Å². The average Bonchev–Trinajstić information content (AvgIpc) is 3.95. The zero-order valence-corrected chi connectivity index (χ0v) is 35.7. The number of carboxylic acid groups (broad SMARTS) is 2. The number of rotatable bonds is 23. The van der Waals surface area contributed by atoms with Crippen LogP contribution in [0.3, 0.4) is 0 Å². The molecular formula is C45H53N9O12. The van der Waals surface area contributed by atoms with Gasteiger partial charge in [0, 0.05) is 49.3 Å². The molecule has 0 bridgehead atoms. The molecule has 0 saturated carbocycles. The molecule has 1 aromatic heterocycles. The van der Waals surface area contributed by atoms with Gasteiger partial charge in [0.1, 0.15) is 36.0 Å². The third-order valence-electron chi connectivity index (χ3n) is 10.9. The summed E-state index contributed by atoms with van der Waals surface area (Å²) in [5.74, 6) is -8.53. The zero-order valence-electron chi connectivity index (χ0n) is 35.7. The van der Waals surface area contributed by atoms with Gasteiger partial charge in [0.25, 0.3) is 0 Å². The van der Waals surface area contributed by atoms with Crippen molar-refractivity contribution in [2.75, 3.05) is 13.1 Å². The number of fused-ring (bicyclic) bond motifs is 1. The largest absolute Gasteiger partial charge is 0.508 e. The highest BCUT2D eigenvalue weighted by Gasteiger charge is 2.40. The number of carbonyl (C=O) groups is 9. The number of benzene rings is 3. The molecule has 5 rings (SSSR count). The van der Waals surface area contributed by atoms with Crippen LogP contribution in [0.25, 0.3) is 10.9 Å². The summed E-state index contributed by atoms with van der Waals surface area (Å²) in [4.78, 5) is 121. The van der Waals surface area contributed by atoms with Crippen LogP contribution >= 0.6 is 0 Å². The number of H-pyrrole nitrogens is 1. The Morgan fingerprint density at radius 3 is 2.05 bits per heavy atom. The molecule has 7 amide bonds. The van der Waals surface area contributed by atoms with Crippen LogP contribution in [0.2, 0.25) is 0 Å². The number of amides is 7. The van der Waals surface area contributed by atoms with E-state index in [0.717, 1.165) is 10.9 Å². The summed E-state index contributed by atoms with van der Waals surface area (Å²) in [5, 5.41) is 42.5. The lowest BCUT2D eigenvalue weighted by Gasteiger charge is -2.30. The lowest BCUT2D eigenvalue weighted by atomic mass is 10.0. The third-order valence-corrected chi connectivity index (χ3v) is 10.9. The molecule has 1 aliphatic rings. The molecule has 350 valence electrons. The van der Waals surface area contributed by atoms with Crippen LogP contribution in [0, 0.1) is 0 Å². The van der Waals surface area contributed by atoms with Crippen molar-refractivity contribution in [2.45, 2.75) is 87.6 Å². The first kappa shape index (κ1) is 49.2. The highest BCUT2D eigenvalue weighted by Crippen LogP contribution is 2.23. The standard InChI is InChI=1S/C45H53N9O12/c46-30(22-37(47)56)40(60)51-33(19-26-12-14-28(55)15-13-26)41(61)49-24-38(57)50-32(16-17-39(58)59)44(64)54-18-6-11-36(54)43(63)52-34(21-27-23-48-31-10-5-4-9-29(27)31)42(62)53-35(45(65)66)20-25-7-2-1-3-8-25/h1-5,7-10,12-15,23,30,32-36,48,55H,6,11,16-22,24,46H2,(H2,47,56)(H,49,61)(H,50,57)(H,51,60)(H,52,63)(H,53,62)(H,58,59)(H,65,66)/t30-,32-,33-,34-,35-,36-/m0/s1. The summed E-state index contributed by atoms with van der Waals surface area (Å²) in [6.45, 7) is -0.720. The first-order valence-electron chi connectivity index (χ1n) is 21.1. The number of carboxylic acids is 2. The van der Waals surface area contributed by atoms with E-state index in [2.05, 4.69) is 31.6 Å². The molecule has 0 aliphatic carbocycles. The molecule has 1 saturated heterocycles. The van der Waals surface area contributed by atoms with Gasteiger partial charge in [-0.15, -0.1) is 0 Å². The topological polar surface area (TPSA) is 346 Å². The third kappa shape index (κ3) is 14.1. The molecule has 6 atom stereocenters. The van der Waals surface area contributed by atoms with Gasteiger partial charge in [-0.05, 0) is 54.2 Å². The van der Waals surface area contributed by atoms with Crippen molar-refractivity contribution < 1.29 is 58.5 Å². The smallest absolute Gasteiger partial charge is 0.326 e. The second-order valence-electron chi connectivity index (χ2n) is 15.9. The average molecular weight is 912 g/mol. The fourth-order valence-electron chi connectivity index (χ4n) is 7.55. The predicted octanol–water partition coefficient (Wildman–Crippen LogP) is -0.900. The van der Waals surface area contributed by atoms with E-state index in [1.165, 1.54) is 29.2 Å². The van der Waals surface area contributed by atoms with Crippen LogP contribution < -0.4 is 38.1 Å². The maximum absolute atomic E-state index is 14.2. The Balaban J connectivity index is 1.29. The van der Waals surface area contributed by atoms with Gasteiger partial charge in [-0.2, -0.15) is 0 Å². The van der Waals surface area contributed by atoms with Crippen molar-refractivity contribution in [3.8, 4) is 5.75 Å². The van der Waals surface area contributed by atoms with E-state index >= 15 is 0 Å². The van der Waals surface area contributed by atoms with Crippen LogP contribution in [-0.4, -0.2) is 128 Å². The van der Waals surface area contributed by atoms with Crippen molar-refractivity contribution in [2.24, 2.45) is 11.5 Å². The number of hydrogen-bond acceptors (Lipinski definition) is 11. The number of aromatic hydroxyl groups is 1. The monoisotopic (exact) mass is 911 g/mol. The Kier molecular flexibility index (Phi) is 17.3. The van der Waals surface area contributed by atoms with Gasteiger partial charge in [-0.25, -0.2) is 4.79 Å². The Labute approximate surface area is 378 Å². The quantitative estimate of drug-likeness (QED) is 0.0431. The number of hydrogen-bond donors (Lipinski definition) is 11. The van der Waals surface area contributed by atoms with E-state index in [1.54, 1.807) is 42.6 Å². The zero-order chi connectivity index (χ0) is 47.9. The minimum atomic E-state index is -1.49. The van der Waals surface area contributed by atoms with Gasteiger partial charge < -0.3 is 63.3 Å². The number of carbonyl (C=O) groups excluding carboxylic acids is 7. The number of phenolic OH excluding ortho intramolecular Hbond substituents is 1. The summed E-state index contributed by atoms with van der Waals surface area (Å²) in [6.07, 6.45) is 0.398. The number of primary amides is 1. The SMILES string of the molecule is NC(=O)C[C@H](N)C(=O)N[C@@H](Cc1ccc(O)cc1)C(=O)NCC(=O)N[C@@H](CCC(=O)O)C(=O)N1CCC[C@H]1C(=O)N[C@@H](Cc1c[nH]c2ccccc12)C(=O)N[C@@H](Cc1ccccc1)C(=O)O. The number of nitrogens with zero attached hydrogens (tertiary/aromatic N) is 1. The molecule has 2 heterocycles. The lowest BCUT2D eigenvalue weighted by Crippen LogP contribution is -2.58. The molecule has 21 nitrogen and oxygen atoms in total. The highest BCUT2D eigenvalue weighted by atomic mass is 16.4. The maximum atomic E-state index is 14.2. The van der Waals surface area contributed by atoms with Crippen molar-refractivity contribution in [1.29, 1.82) is 0 Å². The number of para-hydroxylation sites is 1. The molecule has 0 radical (unpaired) electrons. The summed E-state index contributed by atoms with van der Waals surface area (Å²) >= 11 is 0. The maximum Gasteiger partial charge on any atom is 0.326 e. The van der Waals surface area contributed by atoms with Crippen LogP contribution in [0.15, 0.2) is 85.1 Å². The Morgan fingerprint density at radius 1 is 0.727 bits per heavy atom. The summed E-state index contributed by atoms with van der Waals surface area (Å²) in [6, 6.07) is 13.5. The van der Waals surface area contributed by atoms with Crippen LogP contribution in [0.4, 0.5) is 0 Å². The number of aromatic amines is 1. The molecule has 21 heteroatoms. The van der Waals surface area contributed by atoms with E-state index in [9.17, 15) is 58.5 Å². The van der Waals surface area contributed by atoms with E-state index < -0.39 is 115 Å². The van der Waals surface area contributed by atoms with Crippen LogP contribution in [-0.2, 0) is 62.4 Å². The lowest BCUT2D eigenvalue weighted by molar-refractivity contribution is -0.144. The Bertz CT molecular complexity index is 2410. The van der Waals surface area contributed by atoms with E-state index in [4.69, 9.17) is 11.5 Å². The minimum Gasteiger partial charge on any atom is -0.508 e. The molecule has 3 aromatic carbocycles. The van der Waals surface area contributed by atoms with Crippen molar-refractivity contribution in [3.63, 3.8) is 0 Å². The number of aliphatic carboxylic acids is 2. The normalized spacial score (nSPS) is 15.6. The molecule has 66 heavy (non-hydrogen) atoms. The molecule has 13 N–H and O–H groups in total. The molecule has 4 aromatic rings. The molecule has 1 fully saturated rings. The van der Waals surface area contributed by atoms with Crippen molar-refractivity contribution >= 4 is 64.2 Å². The van der Waals surface area contributed by atoms with Crippen LogP contribution in [0.1, 0.15) is 48.8 Å². The fraction of sp³-hybridized carbons (Fsp3) is 0.356. The highest BCUT2D eigenvalue weighted by molar-refractivity contribution is 5.97. The summed E-state index contributed by atoms with van der Waals surface area (Å²) < 4.78 is 0. The molecule has 0 unspecified atom stereocenters. The molecule has 1 aliphatic heterocycles. The number of aromatic nitrogens is 1. The van der Waals surface area contributed by atoms with Gasteiger partial charge in [0.15, 0.2) is 0 Å². The molecule has 0 spiro atoms. The number of nitrogens with two attached hydrogens (primary N) is 2. The van der Waals surface area contributed by atoms with E-state index in [0.29, 0.717) is 23.1 Å². The minimum absolute atomic E-state index is 0.0289. The van der Waals surface area contributed by atoms with E-state index in [-0.39, 0.29) is 38.0 Å². The number of phenols is 1. The molecular weight excluding hydrogens is 859 g/mol. The number of nitrogens with one attached hydrogen (secondary N) is 6. The second kappa shape index (κ2) is 23.2. The van der Waals surface area contributed by atoms with Gasteiger partial charge >= 0.3 is 11.9 Å². The second-order valence-corrected chi connectivity index (χ2v) is 15.9. The Hall–Kier alpha value is -7.81. The first-order valence-corrected chi connectivity index (χ1v) is 21.1. The van der Waals surface area contributed by atoms with Gasteiger partial charge in [0.2, 0.25) is 41.4 Å². The number of likely N-dealkylation sites (tertiary alicyclic amines) is 1.